The summed E-state index contributed by atoms with van der Waals surface area (Å²) in [7, 11) is 2.19. The van der Waals surface area contributed by atoms with E-state index in [-0.39, 0.29) is 12.5 Å². The van der Waals surface area contributed by atoms with Crippen LogP contribution in [0, 0.1) is 0 Å². The molecule has 5 heteroatoms. The molecule has 2 aliphatic rings. The molecule has 1 aromatic carbocycles. The lowest BCUT2D eigenvalue weighted by atomic mass is 10.2. The van der Waals surface area contributed by atoms with E-state index in [1.165, 1.54) is 19.4 Å². The van der Waals surface area contributed by atoms with E-state index < -0.39 is 0 Å². The highest BCUT2D eigenvalue weighted by Gasteiger charge is 2.20. The maximum absolute atomic E-state index is 12.1. The summed E-state index contributed by atoms with van der Waals surface area (Å²) in [4.78, 5) is 16.5. The van der Waals surface area contributed by atoms with Crippen molar-refractivity contribution in [1.82, 2.24) is 15.1 Å². The first-order chi connectivity index (χ1) is 11.7. The fraction of sp³-hybridized carbons (Fsp3) is 0.632. The van der Waals surface area contributed by atoms with Crippen molar-refractivity contribution < 1.29 is 9.53 Å². The van der Waals surface area contributed by atoms with E-state index in [2.05, 4.69) is 23.3 Å². The minimum atomic E-state index is 0.0999. The second-order valence-electron chi connectivity index (χ2n) is 6.89. The largest absolute Gasteiger partial charge is 0.483 e. The average Bonchev–Trinajstić information content (AvgIpc) is 3.26. The molecule has 0 saturated carbocycles. The highest BCUT2D eigenvalue weighted by Crippen LogP contribution is 2.19. The van der Waals surface area contributed by atoms with E-state index in [1.807, 2.05) is 23.1 Å². The molecule has 0 aliphatic carbocycles. The molecule has 2 aliphatic heterocycles. The number of likely N-dealkylation sites (tertiary alicyclic amines) is 2. The van der Waals surface area contributed by atoms with Gasteiger partial charge < -0.3 is 19.9 Å². The SMILES string of the molecule is CN1CCC[C@H]1CNCc1ccccc1OCC(=O)N1CCCC1. The second kappa shape index (κ2) is 8.49. The molecule has 1 amide bonds. The van der Waals surface area contributed by atoms with Gasteiger partial charge in [0, 0.05) is 37.8 Å². The van der Waals surface area contributed by atoms with Crippen LogP contribution >= 0.6 is 0 Å². The van der Waals surface area contributed by atoms with Gasteiger partial charge in [-0.05, 0) is 45.3 Å². The molecule has 3 rings (SSSR count). The predicted molar refractivity (Wildman–Crippen MR) is 95.1 cm³/mol. The van der Waals surface area contributed by atoms with Crippen molar-refractivity contribution in [1.29, 1.82) is 0 Å². The number of amides is 1. The highest BCUT2D eigenvalue weighted by molar-refractivity contribution is 5.78. The maximum atomic E-state index is 12.1. The van der Waals surface area contributed by atoms with Crippen molar-refractivity contribution in [2.24, 2.45) is 0 Å². The molecule has 24 heavy (non-hydrogen) atoms. The van der Waals surface area contributed by atoms with Gasteiger partial charge >= 0.3 is 0 Å². The Labute approximate surface area is 145 Å². The number of carbonyl (C=O) groups is 1. The number of hydrogen-bond donors (Lipinski definition) is 1. The van der Waals surface area contributed by atoms with Crippen LogP contribution in [0.15, 0.2) is 24.3 Å². The number of ether oxygens (including phenoxy) is 1. The number of likely N-dealkylation sites (N-methyl/N-ethyl adjacent to an activating group) is 1. The standard InChI is InChI=1S/C19H29N3O2/c1-21-10-6-8-17(21)14-20-13-16-7-2-3-9-18(16)24-15-19(23)22-11-4-5-12-22/h2-3,7,9,17,20H,4-6,8,10-15H2,1H3/t17-/m0/s1. The van der Waals surface area contributed by atoms with Crippen molar-refractivity contribution in [2.45, 2.75) is 38.3 Å². The molecule has 0 radical (unpaired) electrons. The lowest BCUT2D eigenvalue weighted by Gasteiger charge is -2.20. The van der Waals surface area contributed by atoms with Crippen LogP contribution in [0.3, 0.4) is 0 Å². The van der Waals surface area contributed by atoms with E-state index in [1.54, 1.807) is 0 Å². The van der Waals surface area contributed by atoms with Crippen molar-refractivity contribution in [2.75, 3.05) is 39.8 Å². The number of benzene rings is 1. The quantitative estimate of drug-likeness (QED) is 0.828. The number of para-hydroxylation sites is 1. The van der Waals surface area contributed by atoms with Crippen LogP contribution in [0.4, 0.5) is 0 Å². The Morgan fingerprint density at radius 3 is 2.75 bits per heavy atom. The molecule has 0 spiro atoms. The van der Waals surface area contributed by atoms with Gasteiger partial charge in [-0.1, -0.05) is 18.2 Å². The molecule has 1 atom stereocenters. The molecule has 0 bridgehead atoms. The molecule has 2 fully saturated rings. The first-order valence-electron chi connectivity index (χ1n) is 9.13. The summed E-state index contributed by atoms with van der Waals surface area (Å²) in [6.07, 6.45) is 4.79. The average molecular weight is 331 g/mol. The Kier molecular flexibility index (Phi) is 6.10. The molecule has 132 valence electrons. The van der Waals surface area contributed by atoms with E-state index in [0.717, 1.165) is 50.3 Å². The first-order valence-corrected chi connectivity index (χ1v) is 9.13. The van der Waals surface area contributed by atoms with E-state index in [0.29, 0.717) is 6.04 Å². The lowest BCUT2D eigenvalue weighted by Crippen LogP contribution is -2.35. The zero-order valence-corrected chi connectivity index (χ0v) is 14.7. The fourth-order valence-corrected chi connectivity index (χ4v) is 3.60. The number of carbonyl (C=O) groups excluding carboxylic acids is 1. The Balaban J connectivity index is 1.48. The summed E-state index contributed by atoms with van der Waals surface area (Å²) in [5, 5.41) is 3.54. The first kappa shape index (κ1) is 17.2. The number of hydrogen-bond acceptors (Lipinski definition) is 4. The highest BCUT2D eigenvalue weighted by atomic mass is 16.5. The van der Waals surface area contributed by atoms with Gasteiger partial charge in [0.15, 0.2) is 6.61 Å². The zero-order valence-electron chi connectivity index (χ0n) is 14.7. The summed E-state index contributed by atoms with van der Waals surface area (Å²) >= 11 is 0. The number of nitrogens with one attached hydrogen (secondary N) is 1. The van der Waals surface area contributed by atoms with Gasteiger partial charge in [-0.3, -0.25) is 4.79 Å². The Morgan fingerprint density at radius 1 is 1.21 bits per heavy atom. The molecule has 5 nitrogen and oxygen atoms in total. The second-order valence-corrected chi connectivity index (χ2v) is 6.89. The summed E-state index contributed by atoms with van der Waals surface area (Å²) in [5.41, 5.74) is 1.12. The van der Waals surface area contributed by atoms with Gasteiger partial charge in [0.1, 0.15) is 5.75 Å². The molecular formula is C19H29N3O2. The van der Waals surface area contributed by atoms with Crippen LogP contribution in [0.25, 0.3) is 0 Å². The van der Waals surface area contributed by atoms with Crippen LogP contribution in [-0.4, -0.2) is 61.6 Å². The summed E-state index contributed by atoms with van der Waals surface area (Å²) in [6.45, 7) is 4.86. The van der Waals surface area contributed by atoms with Crippen molar-refractivity contribution in [3.05, 3.63) is 29.8 Å². The molecule has 0 unspecified atom stereocenters. The summed E-state index contributed by atoms with van der Waals surface area (Å²) in [5.74, 6) is 0.917. The molecule has 2 heterocycles. The van der Waals surface area contributed by atoms with E-state index >= 15 is 0 Å². The molecule has 1 aromatic rings. The Bertz CT molecular complexity index is 543. The van der Waals surface area contributed by atoms with Crippen LogP contribution < -0.4 is 10.1 Å². The minimum absolute atomic E-state index is 0.0999. The van der Waals surface area contributed by atoms with Gasteiger partial charge in [-0.2, -0.15) is 0 Å². The molecule has 0 aromatic heterocycles. The molecular weight excluding hydrogens is 302 g/mol. The minimum Gasteiger partial charge on any atom is -0.483 e. The van der Waals surface area contributed by atoms with Crippen LogP contribution in [0.1, 0.15) is 31.2 Å². The molecule has 1 N–H and O–H groups in total. The van der Waals surface area contributed by atoms with Crippen LogP contribution in [0.2, 0.25) is 0 Å². The zero-order chi connectivity index (χ0) is 16.8. The summed E-state index contributed by atoms with van der Waals surface area (Å²) in [6, 6.07) is 8.64. The number of nitrogens with zero attached hydrogens (tertiary/aromatic N) is 2. The Hall–Kier alpha value is -1.59. The van der Waals surface area contributed by atoms with E-state index in [9.17, 15) is 4.79 Å². The van der Waals surface area contributed by atoms with Crippen LogP contribution in [-0.2, 0) is 11.3 Å². The smallest absolute Gasteiger partial charge is 0.260 e. The van der Waals surface area contributed by atoms with Crippen LogP contribution in [0.5, 0.6) is 5.75 Å². The third kappa shape index (κ3) is 4.48. The van der Waals surface area contributed by atoms with Crippen molar-refractivity contribution in [3.8, 4) is 5.75 Å². The van der Waals surface area contributed by atoms with Gasteiger partial charge in [-0.25, -0.2) is 0 Å². The third-order valence-corrected chi connectivity index (χ3v) is 5.15. The Morgan fingerprint density at radius 2 is 2.00 bits per heavy atom. The van der Waals surface area contributed by atoms with Gasteiger partial charge in [0.05, 0.1) is 0 Å². The normalized spacial score (nSPS) is 21.4. The van der Waals surface area contributed by atoms with E-state index in [4.69, 9.17) is 4.74 Å². The number of rotatable bonds is 7. The van der Waals surface area contributed by atoms with Crippen molar-refractivity contribution >= 4 is 5.91 Å². The van der Waals surface area contributed by atoms with Gasteiger partial charge in [-0.15, -0.1) is 0 Å². The third-order valence-electron chi connectivity index (χ3n) is 5.15. The predicted octanol–water partition coefficient (Wildman–Crippen LogP) is 1.87. The lowest BCUT2D eigenvalue weighted by molar-refractivity contribution is -0.132. The fourth-order valence-electron chi connectivity index (χ4n) is 3.60. The van der Waals surface area contributed by atoms with Gasteiger partial charge in [0.2, 0.25) is 0 Å². The summed E-state index contributed by atoms with van der Waals surface area (Å²) < 4.78 is 5.81. The van der Waals surface area contributed by atoms with Crippen molar-refractivity contribution in [3.63, 3.8) is 0 Å². The molecule has 2 saturated heterocycles. The monoisotopic (exact) mass is 331 g/mol. The maximum Gasteiger partial charge on any atom is 0.260 e. The van der Waals surface area contributed by atoms with Gasteiger partial charge in [0.25, 0.3) is 5.91 Å². The topological polar surface area (TPSA) is 44.8 Å².